The van der Waals surface area contributed by atoms with Crippen molar-refractivity contribution in [3.05, 3.63) is 23.8 Å². The molecule has 1 fully saturated rings. The van der Waals surface area contributed by atoms with Crippen LogP contribution in [0.5, 0.6) is 11.5 Å². The molecule has 5 heteroatoms. The summed E-state index contributed by atoms with van der Waals surface area (Å²) >= 11 is 0. The topological polar surface area (TPSA) is 50.8 Å². The molecule has 2 heterocycles. The molecule has 0 unspecified atom stereocenters. The monoisotopic (exact) mass is 276 g/mol. The molecule has 5 nitrogen and oxygen atoms in total. The summed E-state index contributed by atoms with van der Waals surface area (Å²) in [7, 11) is 0. The number of carbonyl (C=O) groups excluding carboxylic acids is 1. The first-order chi connectivity index (χ1) is 9.76. The standard InChI is InChI=1S/C15H20N2O3/c1-2-17-7-5-12(6-8-17)16-15(18)11-3-4-13-14(9-11)20-10-19-13/h3-4,9,12H,2,5-8,10H2,1H3,(H,16,18). The maximum absolute atomic E-state index is 12.2. The lowest BCUT2D eigenvalue weighted by Gasteiger charge is -2.31. The number of piperidine rings is 1. The van der Waals surface area contributed by atoms with Crippen molar-refractivity contribution in [3.8, 4) is 11.5 Å². The maximum Gasteiger partial charge on any atom is 0.251 e. The van der Waals surface area contributed by atoms with E-state index in [-0.39, 0.29) is 18.7 Å². The smallest absolute Gasteiger partial charge is 0.251 e. The van der Waals surface area contributed by atoms with Gasteiger partial charge in [-0.3, -0.25) is 4.79 Å². The molecule has 0 aliphatic carbocycles. The largest absolute Gasteiger partial charge is 0.454 e. The number of carbonyl (C=O) groups is 1. The number of nitrogens with zero attached hydrogens (tertiary/aromatic N) is 1. The Hall–Kier alpha value is -1.75. The van der Waals surface area contributed by atoms with Crippen LogP contribution in [0.3, 0.4) is 0 Å². The number of benzene rings is 1. The first-order valence-corrected chi connectivity index (χ1v) is 7.19. The van der Waals surface area contributed by atoms with E-state index in [2.05, 4.69) is 17.1 Å². The summed E-state index contributed by atoms with van der Waals surface area (Å²) in [5, 5.41) is 3.11. The molecule has 0 spiro atoms. The number of amides is 1. The number of rotatable bonds is 3. The van der Waals surface area contributed by atoms with Gasteiger partial charge in [0.2, 0.25) is 6.79 Å². The van der Waals surface area contributed by atoms with Crippen LogP contribution in [0.1, 0.15) is 30.1 Å². The highest BCUT2D eigenvalue weighted by atomic mass is 16.7. The number of fused-ring (bicyclic) bond motifs is 1. The van der Waals surface area contributed by atoms with Gasteiger partial charge in [0.25, 0.3) is 5.91 Å². The lowest BCUT2D eigenvalue weighted by atomic mass is 10.0. The Morgan fingerprint density at radius 2 is 2.05 bits per heavy atom. The van der Waals surface area contributed by atoms with E-state index >= 15 is 0 Å². The third kappa shape index (κ3) is 2.72. The Morgan fingerprint density at radius 1 is 1.30 bits per heavy atom. The second-order valence-electron chi connectivity index (χ2n) is 5.25. The van der Waals surface area contributed by atoms with Gasteiger partial charge in [-0.25, -0.2) is 0 Å². The van der Waals surface area contributed by atoms with E-state index in [1.54, 1.807) is 18.2 Å². The molecular formula is C15H20N2O3. The average molecular weight is 276 g/mol. The predicted octanol–water partition coefficient (Wildman–Crippen LogP) is 1.63. The van der Waals surface area contributed by atoms with Crippen LogP contribution in [-0.2, 0) is 0 Å². The summed E-state index contributed by atoms with van der Waals surface area (Å²) in [6.45, 7) is 5.61. The van der Waals surface area contributed by atoms with Crippen LogP contribution in [0.25, 0.3) is 0 Å². The maximum atomic E-state index is 12.2. The molecule has 1 aromatic rings. The van der Waals surface area contributed by atoms with Crippen LogP contribution in [-0.4, -0.2) is 43.3 Å². The zero-order valence-electron chi connectivity index (χ0n) is 11.7. The van der Waals surface area contributed by atoms with Gasteiger partial charge in [0.05, 0.1) is 0 Å². The quantitative estimate of drug-likeness (QED) is 0.911. The molecule has 3 rings (SSSR count). The first-order valence-electron chi connectivity index (χ1n) is 7.19. The summed E-state index contributed by atoms with van der Waals surface area (Å²) in [5.74, 6) is 1.33. The molecule has 1 N–H and O–H groups in total. The lowest BCUT2D eigenvalue weighted by molar-refractivity contribution is 0.0912. The minimum atomic E-state index is -0.0294. The second-order valence-corrected chi connectivity index (χ2v) is 5.25. The van der Waals surface area contributed by atoms with E-state index in [1.165, 1.54) is 0 Å². The third-order valence-electron chi connectivity index (χ3n) is 4.00. The Labute approximate surface area is 118 Å². The van der Waals surface area contributed by atoms with Gasteiger partial charge in [-0.15, -0.1) is 0 Å². The molecule has 108 valence electrons. The van der Waals surface area contributed by atoms with Crippen LogP contribution < -0.4 is 14.8 Å². The summed E-state index contributed by atoms with van der Waals surface area (Å²) in [6.07, 6.45) is 2.04. The fourth-order valence-corrected chi connectivity index (χ4v) is 2.70. The molecular weight excluding hydrogens is 256 g/mol. The number of ether oxygens (including phenoxy) is 2. The summed E-state index contributed by atoms with van der Waals surface area (Å²) in [4.78, 5) is 14.6. The van der Waals surface area contributed by atoms with Gasteiger partial charge in [0.15, 0.2) is 11.5 Å². The zero-order chi connectivity index (χ0) is 13.9. The van der Waals surface area contributed by atoms with Crippen LogP contribution in [0.4, 0.5) is 0 Å². The van der Waals surface area contributed by atoms with Crippen LogP contribution in [0, 0.1) is 0 Å². The average Bonchev–Trinajstić information content (AvgIpc) is 2.95. The van der Waals surface area contributed by atoms with E-state index in [0.29, 0.717) is 17.1 Å². The second kappa shape index (κ2) is 5.71. The molecule has 20 heavy (non-hydrogen) atoms. The Balaban J connectivity index is 1.59. The van der Waals surface area contributed by atoms with Gasteiger partial charge >= 0.3 is 0 Å². The number of nitrogens with one attached hydrogen (secondary N) is 1. The molecule has 2 aliphatic rings. The van der Waals surface area contributed by atoms with E-state index in [9.17, 15) is 4.79 Å². The van der Waals surface area contributed by atoms with Crippen molar-refractivity contribution in [2.45, 2.75) is 25.8 Å². The molecule has 0 saturated carbocycles. The van der Waals surface area contributed by atoms with Gasteiger partial charge in [-0.1, -0.05) is 6.92 Å². The van der Waals surface area contributed by atoms with E-state index in [0.717, 1.165) is 32.5 Å². The predicted molar refractivity (Wildman–Crippen MR) is 75.2 cm³/mol. The SMILES string of the molecule is CCN1CCC(NC(=O)c2ccc3c(c2)OCO3)CC1. The Bertz CT molecular complexity index is 496. The van der Waals surface area contributed by atoms with Gasteiger partial charge < -0.3 is 19.7 Å². The third-order valence-corrected chi connectivity index (χ3v) is 4.00. The Morgan fingerprint density at radius 3 is 2.80 bits per heavy atom. The highest BCUT2D eigenvalue weighted by Crippen LogP contribution is 2.32. The fraction of sp³-hybridized carbons (Fsp3) is 0.533. The normalized spacial score (nSPS) is 19.1. The van der Waals surface area contributed by atoms with Crippen molar-refractivity contribution in [1.29, 1.82) is 0 Å². The fourth-order valence-electron chi connectivity index (χ4n) is 2.70. The highest BCUT2D eigenvalue weighted by Gasteiger charge is 2.21. The van der Waals surface area contributed by atoms with Gasteiger partial charge in [0.1, 0.15) is 0 Å². The van der Waals surface area contributed by atoms with Crippen molar-refractivity contribution in [2.75, 3.05) is 26.4 Å². The molecule has 0 atom stereocenters. The first kappa shape index (κ1) is 13.2. The van der Waals surface area contributed by atoms with Gasteiger partial charge in [-0.2, -0.15) is 0 Å². The van der Waals surface area contributed by atoms with Crippen LogP contribution in [0.2, 0.25) is 0 Å². The zero-order valence-corrected chi connectivity index (χ0v) is 11.7. The summed E-state index contributed by atoms with van der Waals surface area (Å²) in [5.41, 5.74) is 0.632. The van der Waals surface area contributed by atoms with E-state index < -0.39 is 0 Å². The molecule has 1 saturated heterocycles. The minimum absolute atomic E-state index is 0.0294. The Kier molecular flexibility index (Phi) is 3.78. The van der Waals surface area contributed by atoms with Crippen molar-refractivity contribution in [3.63, 3.8) is 0 Å². The van der Waals surface area contributed by atoms with Crippen molar-refractivity contribution in [1.82, 2.24) is 10.2 Å². The highest BCUT2D eigenvalue weighted by molar-refractivity contribution is 5.95. The number of likely N-dealkylation sites (tertiary alicyclic amines) is 1. The lowest BCUT2D eigenvalue weighted by Crippen LogP contribution is -2.44. The van der Waals surface area contributed by atoms with E-state index in [1.807, 2.05) is 0 Å². The number of hydrogen-bond donors (Lipinski definition) is 1. The molecule has 0 bridgehead atoms. The molecule has 2 aliphatic heterocycles. The van der Waals surface area contributed by atoms with Crippen LogP contribution >= 0.6 is 0 Å². The molecule has 0 radical (unpaired) electrons. The minimum Gasteiger partial charge on any atom is -0.454 e. The van der Waals surface area contributed by atoms with Crippen molar-refractivity contribution < 1.29 is 14.3 Å². The van der Waals surface area contributed by atoms with Crippen molar-refractivity contribution >= 4 is 5.91 Å². The summed E-state index contributed by atoms with van der Waals surface area (Å²) in [6, 6.07) is 5.59. The van der Waals surface area contributed by atoms with Crippen molar-refractivity contribution in [2.24, 2.45) is 0 Å². The van der Waals surface area contributed by atoms with Crippen LogP contribution in [0.15, 0.2) is 18.2 Å². The molecule has 1 amide bonds. The number of hydrogen-bond acceptors (Lipinski definition) is 4. The van der Waals surface area contributed by atoms with Gasteiger partial charge in [-0.05, 0) is 37.6 Å². The molecule has 1 aromatic carbocycles. The van der Waals surface area contributed by atoms with E-state index in [4.69, 9.17) is 9.47 Å². The van der Waals surface area contributed by atoms with Gasteiger partial charge in [0, 0.05) is 24.7 Å². The summed E-state index contributed by atoms with van der Waals surface area (Å²) < 4.78 is 10.5. The molecule has 0 aromatic heterocycles.